The van der Waals surface area contributed by atoms with Gasteiger partial charge in [0.05, 0.1) is 12.0 Å². The monoisotopic (exact) mass is 263 g/mol. The third-order valence-electron chi connectivity index (χ3n) is 2.93. The molecular formula is C10H18BrNO2. The molecule has 1 rings (SSSR count). The van der Waals surface area contributed by atoms with Crippen LogP contribution in [0, 0.1) is 5.92 Å². The van der Waals surface area contributed by atoms with Crippen LogP contribution < -0.4 is 0 Å². The highest BCUT2D eigenvalue weighted by Gasteiger charge is 2.33. The molecule has 4 heteroatoms. The fourth-order valence-corrected chi connectivity index (χ4v) is 2.07. The molecule has 3 unspecified atom stereocenters. The van der Waals surface area contributed by atoms with Crippen molar-refractivity contribution in [3.05, 3.63) is 0 Å². The molecule has 1 aliphatic heterocycles. The van der Waals surface area contributed by atoms with Gasteiger partial charge in [-0.1, -0.05) is 15.9 Å². The van der Waals surface area contributed by atoms with Gasteiger partial charge in [0, 0.05) is 25.0 Å². The molecule has 0 aromatic heterocycles. The van der Waals surface area contributed by atoms with Gasteiger partial charge in [-0.05, 0) is 20.3 Å². The van der Waals surface area contributed by atoms with Crippen LogP contribution in [0.25, 0.3) is 0 Å². The first-order valence-electron chi connectivity index (χ1n) is 5.02. The highest BCUT2D eigenvalue weighted by atomic mass is 79.9. The van der Waals surface area contributed by atoms with Gasteiger partial charge < -0.3 is 9.64 Å². The molecule has 1 aliphatic rings. The zero-order valence-corrected chi connectivity index (χ0v) is 10.6. The molecule has 3 atom stereocenters. The van der Waals surface area contributed by atoms with E-state index >= 15 is 0 Å². The summed E-state index contributed by atoms with van der Waals surface area (Å²) in [5.74, 6) is 0.267. The lowest BCUT2D eigenvalue weighted by Gasteiger charge is -2.27. The second-order valence-corrected chi connectivity index (χ2v) is 4.57. The molecule has 1 fully saturated rings. The molecule has 0 bridgehead atoms. The van der Waals surface area contributed by atoms with Gasteiger partial charge in [0.25, 0.3) is 0 Å². The van der Waals surface area contributed by atoms with Crippen LogP contribution in [0.15, 0.2) is 0 Å². The van der Waals surface area contributed by atoms with E-state index in [1.807, 2.05) is 25.8 Å². The molecule has 3 nitrogen and oxygen atoms in total. The van der Waals surface area contributed by atoms with Crippen molar-refractivity contribution in [2.24, 2.45) is 5.92 Å². The molecule has 0 spiro atoms. The fraction of sp³-hybridized carbons (Fsp3) is 0.900. The number of nitrogens with zero attached hydrogens (tertiary/aromatic N) is 1. The number of amides is 1. The quantitative estimate of drug-likeness (QED) is 0.725. The van der Waals surface area contributed by atoms with Gasteiger partial charge in [-0.3, -0.25) is 4.79 Å². The summed E-state index contributed by atoms with van der Waals surface area (Å²) in [5.41, 5.74) is 0. The average molecular weight is 264 g/mol. The van der Waals surface area contributed by atoms with Crippen LogP contribution in [-0.4, -0.2) is 41.9 Å². The van der Waals surface area contributed by atoms with Crippen molar-refractivity contribution in [1.82, 2.24) is 4.90 Å². The molecule has 1 heterocycles. The second kappa shape index (κ2) is 5.12. The minimum atomic E-state index is 0.0569. The first kappa shape index (κ1) is 12.0. The molecule has 0 aromatic carbocycles. The van der Waals surface area contributed by atoms with Gasteiger partial charge in [-0.15, -0.1) is 0 Å². The predicted octanol–water partition coefficient (Wildman–Crippen LogP) is 1.65. The summed E-state index contributed by atoms with van der Waals surface area (Å²) >= 11 is 3.38. The summed E-state index contributed by atoms with van der Waals surface area (Å²) in [5, 5.41) is 0.817. The Morgan fingerprint density at radius 1 is 1.71 bits per heavy atom. The van der Waals surface area contributed by atoms with E-state index in [1.165, 1.54) is 0 Å². The Bertz CT molecular complexity index is 210. The maximum Gasteiger partial charge on any atom is 0.228 e. The standard InChI is InChI=1S/C10H18BrNO2/c1-7(6-11)12(3)10(13)9-4-5-14-8(9)2/h7-9H,4-6H2,1-3H3. The van der Waals surface area contributed by atoms with Crippen LogP contribution in [0.3, 0.4) is 0 Å². The minimum absolute atomic E-state index is 0.0569. The SMILES string of the molecule is CC1OCCC1C(=O)N(C)C(C)CBr. The van der Waals surface area contributed by atoms with E-state index in [0.29, 0.717) is 6.61 Å². The summed E-state index contributed by atoms with van der Waals surface area (Å²) in [6, 6.07) is 0.246. The summed E-state index contributed by atoms with van der Waals surface area (Å²) < 4.78 is 5.39. The van der Waals surface area contributed by atoms with Gasteiger partial charge in [0.1, 0.15) is 0 Å². The lowest BCUT2D eigenvalue weighted by molar-refractivity contribution is -0.137. The van der Waals surface area contributed by atoms with Gasteiger partial charge in [0.2, 0.25) is 5.91 Å². The largest absolute Gasteiger partial charge is 0.378 e. The number of rotatable bonds is 3. The topological polar surface area (TPSA) is 29.5 Å². The van der Waals surface area contributed by atoms with E-state index < -0.39 is 0 Å². The molecule has 1 amide bonds. The number of carbonyl (C=O) groups excluding carboxylic acids is 1. The summed E-state index contributed by atoms with van der Waals surface area (Å²) in [6.07, 6.45) is 0.937. The Morgan fingerprint density at radius 2 is 2.36 bits per heavy atom. The molecule has 1 saturated heterocycles. The first-order chi connectivity index (χ1) is 6.57. The lowest BCUT2D eigenvalue weighted by Crippen LogP contribution is -2.41. The fourth-order valence-electron chi connectivity index (χ4n) is 1.64. The molecule has 0 saturated carbocycles. The predicted molar refractivity (Wildman–Crippen MR) is 59.5 cm³/mol. The number of alkyl halides is 1. The normalized spacial score (nSPS) is 28.9. The van der Waals surface area contributed by atoms with Crippen molar-refractivity contribution in [2.45, 2.75) is 32.4 Å². The van der Waals surface area contributed by atoms with Crippen molar-refractivity contribution in [3.8, 4) is 0 Å². The summed E-state index contributed by atoms with van der Waals surface area (Å²) in [7, 11) is 1.86. The van der Waals surface area contributed by atoms with Crippen molar-refractivity contribution in [2.75, 3.05) is 19.0 Å². The van der Waals surface area contributed by atoms with Crippen molar-refractivity contribution >= 4 is 21.8 Å². The van der Waals surface area contributed by atoms with Crippen molar-refractivity contribution in [3.63, 3.8) is 0 Å². The van der Waals surface area contributed by atoms with Crippen LogP contribution in [-0.2, 0) is 9.53 Å². The Hall–Kier alpha value is -0.0900. The number of carbonyl (C=O) groups is 1. The van der Waals surface area contributed by atoms with E-state index in [0.717, 1.165) is 11.8 Å². The molecular weight excluding hydrogens is 246 g/mol. The summed E-state index contributed by atoms with van der Waals surface area (Å²) in [6.45, 7) is 4.73. The van der Waals surface area contributed by atoms with Crippen molar-refractivity contribution in [1.29, 1.82) is 0 Å². The Kier molecular flexibility index (Phi) is 4.38. The van der Waals surface area contributed by atoms with Gasteiger partial charge in [-0.25, -0.2) is 0 Å². The van der Waals surface area contributed by atoms with Gasteiger partial charge in [-0.2, -0.15) is 0 Å². The van der Waals surface area contributed by atoms with Crippen LogP contribution in [0.5, 0.6) is 0 Å². The third kappa shape index (κ3) is 2.48. The van der Waals surface area contributed by atoms with E-state index in [-0.39, 0.29) is 24.0 Å². The Balaban J connectivity index is 2.55. The molecule has 0 aliphatic carbocycles. The number of hydrogen-bond donors (Lipinski definition) is 0. The van der Waals surface area contributed by atoms with Crippen LogP contribution in [0.1, 0.15) is 20.3 Å². The maximum atomic E-state index is 12.0. The maximum absolute atomic E-state index is 12.0. The molecule has 0 radical (unpaired) electrons. The van der Waals surface area contributed by atoms with Crippen LogP contribution >= 0.6 is 15.9 Å². The summed E-state index contributed by atoms with van der Waals surface area (Å²) in [4.78, 5) is 13.8. The molecule has 82 valence electrons. The van der Waals surface area contributed by atoms with Gasteiger partial charge >= 0.3 is 0 Å². The number of ether oxygens (including phenoxy) is 1. The zero-order valence-electron chi connectivity index (χ0n) is 9.00. The minimum Gasteiger partial charge on any atom is -0.378 e. The molecule has 0 aromatic rings. The van der Waals surface area contributed by atoms with Gasteiger partial charge in [0.15, 0.2) is 0 Å². The average Bonchev–Trinajstić information content (AvgIpc) is 2.61. The highest BCUT2D eigenvalue weighted by molar-refractivity contribution is 9.09. The van der Waals surface area contributed by atoms with Crippen LogP contribution in [0.4, 0.5) is 0 Å². The zero-order chi connectivity index (χ0) is 10.7. The lowest BCUT2D eigenvalue weighted by atomic mass is 10.0. The first-order valence-corrected chi connectivity index (χ1v) is 6.14. The smallest absolute Gasteiger partial charge is 0.228 e. The van der Waals surface area contributed by atoms with Crippen molar-refractivity contribution < 1.29 is 9.53 Å². The number of halogens is 1. The highest BCUT2D eigenvalue weighted by Crippen LogP contribution is 2.23. The molecule has 14 heavy (non-hydrogen) atoms. The van der Waals surface area contributed by atoms with E-state index in [9.17, 15) is 4.79 Å². The second-order valence-electron chi connectivity index (χ2n) is 3.92. The number of hydrogen-bond acceptors (Lipinski definition) is 2. The van der Waals surface area contributed by atoms with E-state index in [4.69, 9.17) is 4.74 Å². The third-order valence-corrected chi connectivity index (χ3v) is 3.86. The Labute approximate surface area is 93.9 Å². The molecule has 0 N–H and O–H groups in total. The Morgan fingerprint density at radius 3 is 2.79 bits per heavy atom. The van der Waals surface area contributed by atoms with E-state index in [2.05, 4.69) is 15.9 Å². The van der Waals surface area contributed by atoms with Crippen LogP contribution in [0.2, 0.25) is 0 Å². The van der Waals surface area contributed by atoms with E-state index in [1.54, 1.807) is 0 Å².